The number of rotatable bonds is 8. The molecule has 12 heteroatoms. The Kier molecular flexibility index (Phi) is 8.32. The SMILES string of the molecule is CC(=O)O[C@H]1[C@H](O[C@]23C=C(C)C4(CC4)[C@](C)(O)[C@H]2C(=O)[C@](C)(CO)C3)O[C@H](CO)[C@@H](OC(=O)C=Cc2ccc(O)cc2)[C@@H]1O. The fraction of sp³-hybridized carbons (Fsp3) is 0.594. The van der Waals surface area contributed by atoms with Crippen molar-refractivity contribution in [1.29, 1.82) is 0 Å². The average Bonchev–Trinajstić information content (AvgIpc) is 3.74. The molecule has 44 heavy (non-hydrogen) atoms. The van der Waals surface area contributed by atoms with E-state index >= 15 is 0 Å². The van der Waals surface area contributed by atoms with Gasteiger partial charge in [0.1, 0.15) is 29.3 Å². The monoisotopic (exact) mass is 616 g/mol. The first-order chi connectivity index (χ1) is 20.6. The molecule has 240 valence electrons. The number of hydrogen-bond donors (Lipinski definition) is 5. The summed E-state index contributed by atoms with van der Waals surface area (Å²) in [7, 11) is 0. The second-order valence-electron chi connectivity index (χ2n) is 12.9. The first-order valence-electron chi connectivity index (χ1n) is 14.7. The number of carbonyl (C=O) groups excluding carboxylic acids is 3. The predicted octanol–water partition coefficient (Wildman–Crippen LogP) is 1.16. The molecule has 5 rings (SSSR count). The molecule has 1 spiro atoms. The third-order valence-corrected chi connectivity index (χ3v) is 9.85. The summed E-state index contributed by atoms with van der Waals surface area (Å²) in [6, 6.07) is 6.01. The van der Waals surface area contributed by atoms with E-state index < -0.39 is 83.8 Å². The first kappa shape index (κ1) is 32.3. The van der Waals surface area contributed by atoms with Crippen molar-refractivity contribution in [3.8, 4) is 5.75 Å². The van der Waals surface area contributed by atoms with Crippen molar-refractivity contribution in [2.75, 3.05) is 13.2 Å². The molecule has 0 aromatic heterocycles. The lowest BCUT2D eigenvalue weighted by atomic mass is 9.61. The molecule has 3 aliphatic carbocycles. The van der Waals surface area contributed by atoms with Gasteiger partial charge in [-0.25, -0.2) is 4.79 Å². The number of benzene rings is 1. The summed E-state index contributed by atoms with van der Waals surface area (Å²) in [5, 5.41) is 53.2. The number of hydrogen-bond acceptors (Lipinski definition) is 12. The van der Waals surface area contributed by atoms with Gasteiger partial charge in [-0.05, 0) is 56.9 Å². The van der Waals surface area contributed by atoms with Gasteiger partial charge in [0.15, 0.2) is 18.5 Å². The van der Waals surface area contributed by atoms with Crippen LogP contribution in [-0.2, 0) is 33.3 Å². The van der Waals surface area contributed by atoms with Crippen molar-refractivity contribution in [2.24, 2.45) is 16.7 Å². The first-order valence-corrected chi connectivity index (χ1v) is 14.7. The van der Waals surface area contributed by atoms with Crippen molar-refractivity contribution in [3.05, 3.63) is 47.6 Å². The lowest BCUT2D eigenvalue weighted by molar-refractivity contribution is -0.332. The van der Waals surface area contributed by atoms with Crippen LogP contribution in [0.2, 0.25) is 0 Å². The summed E-state index contributed by atoms with van der Waals surface area (Å²) in [4.78, 5) is 38.7. The Labute approximate surface area is 254 Å². The van der Waals surface area contributed by atoms with E-state index in [4.69, 9.17) is 18.9 Å². The molecule has 1 aromatic rings. The number of ketones is 1. The van der Waals surface area contributed by atoms with Crippen LogP contribution in [0.4, 0.5) is 0 Å². The minimum absolute atomic E-state index is 0.0312. The highest BCUT2D eigenvalue weighted by Crippen LogP contribution is 2.69. The van der Waals surface area contributed by atoms with Crippen LogP contribution in [0.1, 0.15) is 52.5 Å². The van der Waals surface area contributed by atoms with Gasteiger partial charge in [-0.1, -0.05) is 30.7 Å². The summed E-state index contributed by atoms with van der Waals surface area (Å²) >= 11 is 0. The summed E-state index contributed by atoms with van der Waals surface area (Å²) in [6.07, 6.45) is -2.04. The van der Waals surface area contributed by atoms with Gasteiger partial charge < -0.3 is 44.5 Å². The molecule has 1 aromatic carbocycles. The zero-order valence-electron chi connectivity index (χ0n) is 25.1. The number of Topliss-reactive ketones (excluding diaryl/α,β-unsaturated/α-hetero) is 1. The van der Waals surface area contributed by atoms with Gasteiger partial charge in [-0.15, -0.1) is 0 Å². The largest absolute Gasteiger partial charge is 0.508 e. The number of esters is 2. The Morgan fingerprint density at radius 1 is 1.09 bits per heavy atom. The normalized spacial score (nSPS) is 39.2. The molecule has 0 bridgehead atoms. The third-order valence-electron chi connectivity index (χ3n) is 9.85. The number of aliphatic hydroxyl groups excluding tert-OH is 3. The number of fused-ring (bicyclic) bond motifs is 1. The van der Waals surface area contributed by atoms with Crippen molar-refractivity contribution in [2.45, 2.75) is 88.9 Å². The number of aromatic hydroxyl groups is 1. The second-order valence-corrected chi connectivity index (χ2v) is 12.9. The predicted molar refractivity (Wildman–Crippen MR) is 152 cm³/mol. The smallest absolute Gasteiger partial charge is 0.331 e. The van der Waals surface area contributed by atoms with E-state index in [1.54, 1.807) is 32.1 Å². The fourth-order valence-electron chi connectivity index (χ4n) is 7.46. The molecule has 2 saturated carbocycles. The van der Waals surface area contributed by atoms with E-state index in [0.717, 1.165) is 18.6 Å². The molecule has 1 saturated heterocycles. The topological polar surface area (TPSA) is 189 Å². The summed E-state index contributed by atoms with van der Waals surface area (Å²) in [5.74, 6) is -3.14. The van der Waals surface area contributed by atoms with E-state index in [1.807, 2.05) is 6.92 Å². The number of phenolic OH excluding ortho intramolecular Hbond substituents is 1. The molecular weight excluding hydrogens is 576 g/mol. The molecule has 12 nitrogen and oxygen atoms in total. The van der Waals surface area contributed by atoms with Crippen molar-refractivity contribution < 1.29 is 58.9 Å². The third kappa shape index (κ3) is 5.27. The fourth-order valence-corrected chi connectivity index (χ4v) is 7.46. The Balaban J connectivity index is 1.45. The molecule has 1 heterocycles. The summed E-state index contributed by atoms with van der Waals surface area (Å²) < 4.78 is 23.4. The molecule has 1 aliphatic heterocycles. The molecule has 0 radical (unpaired) electrons. The molecular formula is C32H40O12. The van der Waals surface area contributed by atoms with Crippen LogP contribution in [0.25, 0.3) is 6.08 Å². The molecule has 9 atom stereocenters. The quantitative estimate of drug-likeness (QED) is 0.159. The molecule has 3 fully saturated rings. The Hall–Kier alpha value is -3.13. The highest BCUT2D eigenvalue weighted by Gasteiger charge is 2.74. The van der Waals surface area contributed by atoms with Gasteiger partial charge in [-0.3, -0.25) is 9.59 Å². The van der Waals surface area contributed by atoms with E-state index in [9.17, 15) is 39.9 Å². The van der Waals surface area contributed by atoms with Crippen LogP contribution in [0.3, 0.4) is 0 Å². The van der Waals surface area contributed by atoms with Crippen molar-refractivity contribution in [1.82, 2.24) is 0 Å². The lowest BCUT2D eigenvalue weighted by Gasteiger charge is -2.52. The van der Waals surface area contributed by atoms with E-state index in [-0.39, 0.29) is 18.0 Å². The molecule has 0 amide bonds. The minimum atomic E-state index is -1.72. The number of aliphatic hydroxyl groups is 4. The van der Waals surface area contributed by atoms with Crippen LogP contribution in [0.5, 0.6) is 5.75 Å². The van der Waals surface area contributed by atoms with Crippen LogP contribution < -0.4 is 0 Å². The van der Waals surface area contributed by atoms with E-state index in [1.165, 1.54) is 18.2 Å². The Bertz CT molecular complexity index is 1360. The molecule has 5 N–H and O–H groups in total. The van der Waals surface area contributed by atoms with Gasteiger partial charge in [0.05, 0.1) is 30.1 Å². The number of ether oxygens (including phenoxy) is 4. The summed E-state index contributed by atoms with van der Waals surface area (Å²) in [6.45, 7) is 4.93. The zero-order chi connectivity index (χ0) is 32.2. The van der Waals surface area contributed by atoms with Gasteiger partial charge in [0, 0.05) is 18.4 Å². The second kappa shape index (κ2) is 11.3. The molecule has 4 aliphatic rings. The Morgan fingerprint density at radius 2 is 1.75 bits per heavy atom. The maximum absolute atomic E-state index is 13.9. The average molecular weight is 617 g/mol. The lowest BCUT2D eigenvalue weighted by Crippen LogP contribution is -2.65. The highest BCUT2D eigenvalue weighted by molar-refractivity contribution is 5.93. The van der Waals surface area contributed by atoms with Crippen LogP contribution >= 0.6 is 0 Å². The zero-order valence-corrected chi connectivity index (χ0v) is 25.1. The van der Waals surface area contributed by atoms with Crippen molar-refractivity contribution in [3.63, 3.8) is 0 Å². The van der Waals surface area contributed by atoms with Gasteiger partial charge >= 0.3 is 11.9 Å². The van der Waals surface area contributed by atoms with E-state index in [0.29, 0.717) is 18.4 Å². The summed E-state index contributed by atoms with van der Waals surface area (Å²) in [5.41, 5.74) is -3.56. The minimum Gasteiger partial charge on any atom is -0.508 e. The number of phenols is 1. The van der Waals surface area contributed by atoms with Gasteiger partial charge in [-0.2, -0.15) is 0 Å². The molecule has 0 unspecified atom stereocenters. The van der Waals surface area contributed by atoms with Crippen LogP contribution in [0, 0.1) is 16.7 Å². The van der Waals surface area contributed by atoms with Gasteiger partial charge in [0.2, 0.25) is 0 Å². The highest BCUT2D eigenvalue weighted by atomic mass is 16.7. The maximum atomic E-state index is 13.9. The maximum Gasteiger partial charge on any atom is 0.331 e. The van der Waals surface area contributed by atoms with Gasteiger partial charge in [0.25, 0.3) is 0 Å². The van der Waals surface area contributed by atoms with E-state index in [2.05, 4.69) is 0 Å². The van der Waals surface area contributed by atoms with Crippen LogP contribution in [-0.4, -0.2) is 98.4 Å². The Morgan fingerprint density at radius 3 is 2.32 bits per heavy atom. The van der Waals surface area contributed by atoms with Crippen LogP contribution in [0.15, 0.2) is 42.0 Å². The standard InChI is InChI=1S/C32H40O12/c1-17-13-32(15-29(3,16-34)27(39)26(32)30(4,40)31(17)11-12-31)44-28-25(41-18(2)35)23(38)24(21(14-33)42-28)43-22(37)10-7-19-5-8-20(36)9-6-19/h5-10,13,21,23-26,28,33-34,36,38,40H,11-12,14-16H2,1-4H3/t21-,23+,24-,25-,26-,28+,29+,30-,32+/m1/s1. The number of carbonyl (C=O) groups is 3. The van der Waals surface area contributed by atoms with Crippen molar-refractivity contribution >= 4 is 23.8 Å².